The van der Waals surface area contributed by atoms with Crippen molar-refractivity contribution in [2.45, 2.75) is 63.3 Å². The van der Waals surface area contributed by atoms with E-state index in [-0.39, 0.29) is 17.5 Å². The van der Waals surface area contributed by atoms with Crippen LogP contribution in [-0.4, -0.2) is 52.9 Å². The van der Waals surface area contributed by atoms with Gasteiger partial charge in [-0.25, -0.2) is 9.97 Å². The number of nitrogens with zero attached hydrogens (tertiary/aromatic N) is 4. The van der Waals surface area contributed by atoms with Crippen LogP contribution in [0.1, 0.15) is 62.6 Å². The molecular formula is C29H36F2N4O. The number of alkyl halides is 2. The fraction of sp³-hybridized carbons (Fsp3) is 0.621. The Balaban J connectivity index is 0.958. The Morgan fingerprint density at radius 2 is 1.72 bits per heavy atom. The van der Waals surface area contributed by atoms with E-state index in [1.165, 1.54) is 43.5 Å². The first kappa shape index (κ1) is 24.0. The van der Waals surface area contributed by atoms with Gasteiger partial charge < -0.3 is 4.90 Å². The number of anilines is 1. The van der Waals surface area contributed by atoms with E-state index in [1.54, 1.807) is 0 Å². The number of aromatic nitrogens is 2. The smallest absolute Gasteiger partial charge is 0.287 e. The monoisotopic (exact) mass is 494 g/mol. The van der Waals surface area contributed by atoms with Crippen molar-refractivity contribution in [2.24, 2.45) is 23.7 Å². The van der Waals surface area contributed by atoms with Crippen LogP contribution in [0, 0.1) is 23.7 Å². The van der Waals surface area contributed by atoms with Gasteiger partial charge in [0.05, 0.1) is 0 Å². The predicted octanol–water partition coefficient (Wildman–Crippen LogP) is 5.28. The Morgan fingerprint density at radius 1 is 1.00 bits per heavy atom. The maximum atomic E-state index is 13.7. The number of Topliss-reactive ketones (excluding diaryl/α,β-unsaturated/α-hetero) is 1. The molecule has 2 saturated heterocycles. The summed E-state index contributed by atoms with van der Waals surface area (Å²) in [4.78, 5) is 26.0. The first-order chi connectivity index (χ1) is 17.4. The molecular weight excluding hydrogens is 458 g/mol. The molecule has 5 nitrogen and oxygen atoms in total. The second-order valence-corrected chi connectivity index (χ2v) is 11.6. The average molecular weight is 495 g/mol. The number of likely N-dealkylation sites (tertiary alicyclic amines) is 1. The van der Waals surface area contributed by atoms with Gasteiger partial charge in [-0.2, -0.15) is 8.78 Å². The van der Waals surface area contributed by atoms with E-state index in [0.29, 0.717) is 55.0 Å². The van der Waals surface area contributed by atoms with Crippen molar-refractivity contribution in [1.82, 2.24) is 14.9 Å². The molecule has 2 saturated carbocycles. The van der Waals surface area contributed by atoms with E-state index in [2.05, 4.69) is 45.2 Å². The van der Waals surface area contributed by atoms with Gasteiger partial charge in [0.1, 0.15) is 11.5 Å². The molecule has 1 unspecified atom stereocenters. The van der Waals surface area contributed by atoms with Crippen LogP contribution in [0.15, 0.2) is 42.6 Å². The SMILES string of the molecule is CC(F)(F)c1ccnc(N2CC[C@@H](CC(=O)C3[C@H]4CN(C5CCC(c6ccccc6)CC5)C[C@@H]34)C2)n1. The van der Waals surface area contributed by atoms with Crippen molar-refractivity contribution in [1.29, 1.82) is 0 Å². The lowest BCUT2D eigenvalue weighted by molar-refractivity contribution is -0.122. The van der Waals surface area contributed by atoms with Gasteiger partial charge in [-0.05, 0) is 67.4 Å². The summed E-state index contributed by atoms with van der Waals surface area (Å²) >= 11 is 0. The highest BCUT2D eigenvalue weighted by Crippen LogP contribution is 2.54. The Kier molecular flexibility index (Phi) is 6.30. The Morgan fingerprint density at radius 3 is 2.42 bits per heavy atom. The standard InChI is InChI=1S/C29H36F2N4O/c1-29(30,31)26-11-13-32-28(33-26)34-14-12-19(16-34)15-25(36)27-23-17-35(18-24(23)27)22-9-7-21(8-10-22)20-5-3-2-4-6-20/h2-6,11,13,19,21-24,27H,7-10,12,14-18H2,1H3/t19-,21?,22?,23-,24+,27?/m0/s1. The van der Waals surface area contributed by atoms with Crippen LogP contribution >= 0.6 is 0 Å². The lowest BCUT2D eigenvalue weighted by Gasteiger charge is -2.36. The minimum Gasteiger partial charge on any atom is -0.341 e. The van der Waals surface area contributed by atoms with Gasteiger partial charge in [-0.15, -0.1) is 0 Å². The first-order valence-electron chi connectivity index (χ1n) is 13.6. The van der Waals surface area contributed by atoms with E-state index in [9.17, 15) is 13.6 Å². The summed E-state index contributed by atoms with van der Waals surface area (Å²) in [7, 11) is 0. The molecule has 4 aliphatic rings. The lowest BCUT2D eigenvalue weighted by Crippen LogP contribution is -2.38. The van der Waals surface area contributed by atoms with Gasteiger partial charge in [0.15, 0.2) is 0 Å². The molecule has 4 fully saturated rings. The maximum Gasteiger partial charge on any atom is 0.287 e. The highest BCUT2D eigenvalue weighted by atomic mass is 19.3. The molecule has 4 atom stereocenters. The second kappa shape index (κ2) is 9.47. The van der Waals surface area contributed by atoms with Crippen LogP contribution in [0.4, 0.5) is 14.7 Å². The van der Waals surface area contributed by atoms with Crippen molar-refractivity contribution < 1.29 is 13.6 Å². The third kappa shape index (κ3) is 4.79. The van der Waals surface area contributed by atoms with Crippen molar-refractivity contribution >= 4 is 11.7 Å². The Labute approximate surface area is 212 Å². The molecule has 0 N–H and O–H groups in total. The summed E-state index contributed by atoms with van der Waals surface area (Å²) in [5.41, 5.74) is 1.23. The number of rotatable bonds is 7. The highest BCUT2D eigenvalue weighted by molar-refractivity contribution is 5.85. The average Bonchev–Trinajstić information content (AvgIpc) is 3.20. The fourth-order valence-electron chi connectivity index (χ4n) is 7.18. The predicted molar refractivity (Wildman–Crippen MR) is 135 cm³/mol. The molecule has 192 valence electrons. The summed E-state index contributed by atoms with van der Waals surface area (Å²) in [6.07, 6.45) is 7.96. The van der Waals surface area contributed by atoms with Crippen LogP contribution in [-0.2, 0) is 10.7 Å². The zero-order valence-corrected chi connectivity index (χ0v) is 21.0. The van der Waals surface area contributed by atoms with Gasteiger partial charge >= 0.3 is 0 Å². The molecule has 0 bridgehead atoms. The van der Waals surface area contributed by atoms with Crippen molar-refractivity contribution in [3.63, 3.8) is 0 Å². The van der Waals surface area contributed by atoms with Crippen molar-refractivity contribution in [3.05, 3.63) is 53.9 Å². The van der Waals surface area contributed by atoms with E-state index in [0.717, 1.165) is 26.4 Å². The molecule has 0 amide bonds. The van der Waals surface area contributed by atoms with E-state index >= 15 is 0 Å². The van der Waals surface area contributed by atoms with Crippen LogP contribution in [0.3, 0.4) is 0 Å². The normalized spacial score (nSPS) is 32.5. The third-order valence-electron chi connectivity index (χ3n) is 9.23. The van der Waals surface area contributed by atoms with Crippen molar-refractivity contribution in [3.8, 4) is 0 Å². The topological polar surface area (TPSA) is 49.3 Å². The van der Waals surface area contributed by atoms with Crippen molar-refractivity contribution in [2.75, 3.05) is 31.1 Å². The number of ketones is 1. The van der Waals surface area contributed by atoms with Crippen LogP contribution in [0.5, 0.6) is 0 Å². The molecule has 1 aromatic carbocycles. The Bertz CT molecular complexity index is 1070. The number of benzene rings is 1. The summed E-state index contributed by atoms with van der Waals surface area (Å²) in [5, 5.41) is 0. The molecule has 1 aromatic heterocycles. The van der Waals surface area contributed by atoms with E-state index < -0.39 is 5.92 Å². The molecule has 2 aliphatic heterocycles. The zero-order valence-electron chi connectivity index (χ0n) is 21.0. The van der Waals surface area contributed by atoms with Crippen LogP contribution in [0.25, 0.3) is 0 Å². The van der Waals surface area contributed by atoms with E-state index in [1.807, 2.05) is 4.90 Å². The van der Waals surface area contributed by atoms with Gasteiger partial charge in [-0.3, -0.25) is 9.69 Å². The third-order valence-corrected chi connectivity index (χ3v) is 9.23. The summed E-state index contributed by atoms with van der Waals surface area (Å²) in [6.45, 7) is 4.42. The maximum absolute atomic E-state index is 13.7. The molecule has 7 heteroatoms. The lowest BCUT2D eigenvalue weighted by atomic mass is 9.81. The Hall–Kier alpha value is -2.41. The number of hydrogen-bond donors (Lipinski definition) is 0. The van der Waals surface area contributed by atoms with Crippen LogP contribution in [0.2, 0.25) is 0 Å². The fourth-order valence-corrected chi connectivity index (χ4v) is 7.18. The number of hydrogen-bond acceptors (Lipinski definition) is 5. The van der Waals surface area contributed by atoms with Crippen LogP contribution < -0.4 is 4.90 Å². The van der Waals surface area contributed by atoms with Gasteiger partial charge in [-0.1, -0.05) is 30.3 Å². The number of fused-ring (bicyclic) bond motifs is 1. The molecule has 2 aromatic rings. The minimum atomic E-state index is -2.98. The molecule has 2 aliphatic carbocycles. The number of piperidine rings is 1. The molecule has 6 rings (SSSR count). The largest absolute Gasteiger partial charge is 0.341 e. The van der Waals surface area contributed by atoms with Gasteiger partial charge in [0.25, 0.3) is 5.92 Å². The number of carbonyl (C=O) groups excluding carboxylic acids is 1. The molecule has 0 radical (unpaired) electrons. The minimum absolute atomic E-state index is 0.245. The quantitative estimate of drug-likeness (QED) is 0.524. The number of carbonyl (C=O) groups is 1. The molecule has 0 spiro atoms. The molecule has 36 heavy (non-hydrogen) atoms. The molecule has 3 heterocycles. The second-order valence-electron chi connectivity index (χ2n) is 11.6. The zero-order chi connectivity index (χ0) is 24.9. The number of halogens is 2. The summed E-state index contributed by atoms with van der Waals surface area (Å²) in [5.74, 6) is 0.0930. The summed E-state index contributed by atoms with van der Waals surface area (Å²) < 4.78 is 27.3. The van der Waals surface area contributed by atoms with Gasteiger partial charge in [0.2, 0.25) is 5.95 Å². The first-order valence-corrected chi connectivity index (χ1v) is 13.6. The van der Waals surface area contributed by atoms with E-state index in [4.69, 9.17) is 0 Å². The highest BCUT2D eigenvalue weighted by Gasteiger charge is 2.59. The van der Waals surface area contributed by atoms with Gasteiger partial charge in [0, 0.05) is 57.7 Å². The summed E-state index contributed by atoms with van der Waals surface area (Å²) in [6, 6.07) is 12.9.